The molecule has 2 atom stereocenters. The van der Waals surface area contributed by atoms with Crippen LogP contribution in [-0.2, 0) is 4.74 Å². The molecular formula is C16H19N7O. The number of ether oxygens (including phenoxy) is 1. The molecule has 0 saturated carbocycles. The van der Waals surface area contributed by atoms with Gasteiger partial charge in [-0.2, -0.15) is 10.4 Å². The Balaban J connectivity index is 1.73. The highest BCUT2D eigenvalue weighted by Gasteiger charge is 2.33. The van der Waals surface area contributed by atoms with Crippen LogP contribution in [0.2, 0.25) is 0 Å². The molecule has 0 radical (unpaired) electrons. The Morgan fingerprint density at radius 3 is 3.04 bits per heavy atom. The average molecular weight is 325 g/mol. The van der Waals surface area contributed by atoms with Gasteiger partial charge in [0.05, 0.1) is 23.9 Å². The zero-order valence-electron chi connectivity index (χ0n) is 13.7. The van der Waals surface area contributed by atoms with E-state index in [9.17, 15) is 0 Å². The fourth-order valence-electron chi connectivity index (χ4n) is 2.85. The second kappa shape index (κ2) is 7.19. The molecule has 8 nitrogen and oxygen atoms in total. The summed E-state index contributed by atoms with van der Waals surface area (Å²) in [5.41, 5.74) is 1.41. The second-order valence-electron chi connectivity index (χ2n) is 5.74. The van der Waals surface area contributed by atoms with E-state index in [-0.39, 0.29) is 12.1 Å². The Morgan fingerprint density at radius 1 is 1.42 bits per heavy atom. The quantitative estimate of drug-likeness (QED) is 0.874. The minimum atomic E-state index is 0.156. The summed E-state index contributed by atoms with van der Waals surface area (Å²) in [6.45, 7) is 3.39. The number of nitrogens with one attached hydrogen (secondary N) is 1. The minimum Gasteiger partial charge on any atom is -0.380 e. The van der Waals surface area contributed by atoms with E-state index >= 15 is 0 Å². The van der Waals surface area contributed by atoms with Gasteiger partial charge >= 0.3 is 0 Å². The van der Waals surface area contributed by atoms with Gasteiger partial charge in [0.2, 0.25) is 0 Å². The maximum absolute atomic E-state index is 8.94. The predicted octanol–water partition coefficient (Wildman–Crippen LogP) is 1.15. The van der Waals surface area contributed by atoms with Crippen LogP contribution in [0.5, 0.6) is 0 Å². The van der Waals surface area contributed by atoms with E-state index < -0.39 is 0 Å². The monoisotopic (exact) mass is 325 g/mol. The van der Waals surface area contributed by atoms with Crippen LogP contribution < -0.4 is 10.2 Å². The highest BCUT2D eigenvalue weighted by atomic mass is 16.5. The first-order valence-corrected chi connectivity index (χ1v) is 7.74. The van der Waals surface area contributed by atoms with Crippen molar-refractivity contribution in [3.05, 3.63) is 35.9 Å². The molecule has 0 unspecified atom stereocenters. The van der Waals surface area contributed by atoms with Gasteiger partial charge in [0.15, 0.2) is 0 Å². The third kappa shape index (κ3) is 3.58. The standard InChI is InChI=1S/C16H19N7O/c1-11-3-16(20-10-19-11)23-9-14(24-2)5-13(23)8-18-15-4-12(6-17)7-21-22-15/h3-4,7,10,13-14H,5,8-9H2,1-2H3,(H,18,22)/t13-,14-/m0/s1. The SMILES string of the molecule is CO[C@H]1C[C@@H](CNc2cc(C#N)cnn2)N(c2cc(C)ncn2)C1. The maximum Gasteiger partial charge on any atom is 0.150 e. The van der Waals surface area contributed by atoms with E-state index in [1.54, 1.807) is 19.5 Å². The highest BCUT2D eigenvalue weighted by molar-refractivity contribution is 5.45. The number of hydrogen-bond donors (Lipinski definition) is 1. The van der Waals surface area contributed by atoms with Crippen molar-refractivity contribution in [1.29, 1.82) is 5.26 Å². The molecule has 2 aromatic heterocycles. The molecule has 0 bridgehead atoms. The van der Waals surface area contributed by atoms with Crippen molar-refractivity contribution in [3.8, 4) is 6.07 Å². The molecular weight excluding hydrogens is 306 g/mol. The summed E-state index contributed by atoms with van der Waals surface area (Å²) in [7, 11) is 1.73. The van der Waals surface area contributed by atoms with Crippen LogP contribution in [0.15, 0.2) is 24.7 Å². The van der Waals surface area contributed by atoms with Gasteiger partial charge in [-0.15, -0.1) is 5.10 Å². The average Bonchev–Trinajstić information content (AvgIpc) is 3.03. The lowest BCUT2D eigenvalue weighted by atomic mass is 10.2. The Morgan fingerprint density at radius 2 is 2.29 bits per heavy atom. The first kappa shape index (κ1) is 16.1. The van der Waals surface area contributed by atoms with Gasteiger partial charge in [0, 0.05) is 38.0 Å². The summed E-state index contributed by atoms with van der Waals surface area (Å²) in [4.78, 5) is 10.8. The topological polar surface area (TPSA) is 99.8 Å². The van der Waals surface area contributed by atoms with Gasteiger partial charge in [0.1, 0.15) is 24.0 Å². The van der Waals surface area contributed by atoms with Crippen LogP contribution in [0.1, 0.15) is 17.7 Å². The molecule has 0 aliphatic carbocycles. The molecule has 24 heavy (non-hydrogen) atoms. The third-order valence-corrected chi connectivity index (χ3v) is 4.10. The van der Waals surface area contributed by atoms with Crippen molar-refractivity contribution >= 4 is 11.6 Å². The zero-order valence-corrected chi connectivity index (χ0v) is 13.7. The van der Waals surface area contributed by atoms with Crippen LogP contribution >= 0.6 is 0 Å². The molecule has 3 heterocycles. The van der Waals surface area contributed by atoms with E-state index in [1.807, 2.05) is 13.0 Å². The summed E-state index contributed by atoms with van der Waals surface area (Å²) in [5, 5.41) is 20.0. The number of rotatable bonds is 5. The molecule has 1 aliphatic rings. The summed E-state index contributed by atoms with van der Waals surface area (Å²) < 4.78 is 5.53. The molecule has 2 aromatic rings. The van der Waals surface area contributed by atoms with E-state index in [2.05, 4.69) is 36.5 Å². The Labute approximate surface area is 140 Å². The first-order valence-electron chi connectivity index (χ1n) is 7.74. The molecule has 0 amide bonds. The molecule has 1 aliphatic heterocycles. The predicted molar refractivity (Wildman–Crippen MR) is 88.6 cm³/mol. The largest absolute Gasteiger partial charge is 0.380 e. The van der Waals surface area contributed by atoms with Crippen LogP contribution in [0.4, 0.5) is 11.6 Å². The van der Waals surface area contributed by atoms with Crippen molar-refractivity contribution < 1.29 is 4.74 Å². The lowest BCUT2D eigenvalue weighted by Crippen LogP contribution is -2.36. The number of methoxy groups -OCH3 is 1. The van der Waals surface area contributed by atoms with Gasteiger partial charge < -0.3 is 15.0 Å². The molecule has 1 fully saturated rings. The summed E-state index contributed by atoms with van der Waals surface area (Å²) >= 11 is 0. The molecule has 124 valence electrons. The van der Waals surface area contributed by atoms with E-state index in [0.29, 0.717) is 17.9 Å². The zero-order chi connectivity index (χ0) is 16.9. The van der Waals surface area contributed by atoms with Gasteiger partial charge in [-0.1, -0.05) is 0 Å². The van der Waals surface area contributed by atoms with Gasteiger partial charge in [-0.25, -0.2) is 9.97 Å². The number of hydrogen-bond acceptors (Lipinski definition) is 8. The van der Waals surface area contributed by atoms with E-state index in [4.69, 9.17) is 10.00 Å². The molecule has 0 aromatic carbocycles. The number of aryl methyl sites for hydroxylation is 1. The van der Waals surface area contributed by atoms with Crippen molar-refractivity contribution in [1.82, 2.24) is 20.2 Å². The maximum atomic E-state index is 8.94. The molecule has 1 saturated heterocycles. The van der Waals surface area contributed by atoms with Crippen molar-refractivity contribution in [3.63, 3.8) is 0 Å². The second-order valence-corrected chi connectivity index (χ2v) is 5.74. The number of aromatic nitrogens is 4. The molecule has 0 spiro atoms. The van der Waals surface area contributed by atoms with Crippen LogP contribution in [0.25, 0.3) is 0 Å². The van der Waals surface area contributed by atoms with Crippen molar-refractivity contribution in [2.45, 2.75) is 25.5 Å². The lowest BCUT2D eigenvalue weighted by Gasteiger charge is -2.25. The number of anilines is 2. The van der Waals surface area contributed by atoms with Crippen LogP contribution in [0.3, 0.4) is 0 Å². The Hall–Kier alpha value is -2.79. The molecule has 8 heteroatoms. The van der Waals surface area contributed by atoms with E-state index in [0.717, 1.165) is 24.5 Å². The molecule has 3 rings (SSSR count). The normalized spacial score (nSPS) is 20.0. The summed E-state index contributed by atoms with van der Waals surface area (Å²) in [5.74, 6) is 1.49. The lowest BCUT2D eigenvalue weighted by molar-refractivity contribution is 0.118. The van der Waals surface area contributed by atoms with Gasteiger partial charge in [-0.05, 0) is 13.3 Å². The van der Waals surface area contributed by atoms with Crippen LogP contribution in [0, 0.1) is 18.3 Å². The summed E-state index contributed by atoms with van der Waals surface area (Å²) in [6, 6.07) is 5.93. The fourth-order valence-corrected chi connectivity index (χ4v) is 2.85. The number of nitrogens with zero attached hydrogens (tertiary/aromatic N) is 6. The smallest absolute Gasteiger partial charge is 0.150 e. The molecule has 1 N–H and O–H groups in total. The Kier molecular flexibility index (Phi) is 4.82. The van der Waals surface area contributed by atoms with Gasteiger partial charge in [-0.3, -0.25) is 0 Å². The summed E-state index contributed by atoms with van der Waals surface area (Å²) in [6.07, 6.45) is 4.07. The minimum absolute atomic E-state index is 0.156. The highest BCUT2D eigenvalue weighted by Crippen LogP contribution is 2.26. The fraction of sp³-hybridized carbons (Fsp3) is 0.438. The van der Waals surface area contributed by atoms with E-state index in [1.165, 1.54) is 6.20 Å². The van der Waals surface area contributed by atoms with Crippen LogP contribution in [-0.4, -0.2) is 52.5 Å². The van der Waals surface area contributed by atoms with Crippen molar-refractivity contribution in [2.75, 3.05) is 30.4 Å². The third-order valence-electron chi connectivity index (χ3n) is 4.10. The number of nitriles is 1. The van der Waals surface area contributed by atoms with Gasteiger partial charge in [0.25, 0.3) is 0 Å². The Bertz CT molecular complexity index is 745. The first-order chi connectivity index (χ1) is 11.7. The van der Waals surface area contributed by atoms with Crippen molar-refractivity contribution in [2.24, 2.45) is 0 Å².